The van der Waals surface area contributed by atoms with Crippen LogP contribution in [0.3, 0.4) is 0 Å². The largest absolute Gasteiger partial charge is 0.392 e. The number of imidazole rings is 1. The van der Waals surface area contributed by atoms with Crippen molar-refractivity contribution in [1.82, 2.24) is 30.2 Å². The number of alkyl halides is 5. The zero-order valence-electron chi connectivity index (χ0n) is 23.5. The molecule has 3 aliphatic rings. The highest BCUT2D eigenvalue weighted by molar-refractivity contribution is 5.95. The minimum Gasteiger partial charge on any atom is -0.364 e. The molecule has 0 saturated heterocycles. The predicted molar refractivity (Wildman–Crippen MR) is 142 cm³/mol. The van der Waals surface area contributed by atoms with Gasteiger partial charge in [-0.1, -0.05) is 12.1 Å². The summed E-state index contributed by atoms with van der Waals surface area (Å²) in [5, 5.41) is 9.72. The van der Waals surface area contributed by atoms with Crippen LogP contribution < -0.4 is 10.6 Å². The number of hydrogen-bond acceptors (Lipinski definition) is 6. The van der Waals surface area contributed by atoms with E-state index < -0.39 is 48.3 Å². The van der Waals surface area contributed by atoms with Gasteiger partial charge in [-0.15, -0.1) is 0 Å². The van der Waals surface area contributed by atoms with Crippen molar-refractivity contribution in [3.05, 3.63) is 47.4 Å². The standard InChI is InChI=1S/C29H33F5N6O3/c1-15(29(32,33)34)12-22(41)37-24(17-4-5-17)20-8-11-40-13-21(36-27(40)35-20)25(18-6-9-28(30,31)10-7-18)38-26(42)19-14-43-39-23(19)16-2-3-16/h8,11,13-18,24-25H,2-7,9-10,12H2,1H3,(H,37,41)(H,38,42)/t15-,24?,25-/m0/s1. The SMILES string of the molecule is C[C@@H](CC(=O)NC(c1ccn2cc([C@@H](NC(=O)c3conc3C3CC3)C3CCC(F)(F)CC3)nc2n1)C1CC1)C(F)(F)F. The van der Waals surface area contributed by atoms with Gasteiger partial charge in [-0.25, -0.2) is 18.7 Å². The Morgan fingerprint density at radius 3 is 2.33 bits per heavy atom. The number of carbonyl (C=O) groups is 2. The molecule has 0 bridgehead atoms. The molecule has 0 spiro atoms. The molecule has 3 fully saturated rings. The highest BCUT2D eigenvalue weighted by Crippen LogP contribution is 2.44. The molecular weight excluding hydrogens is 575 g/mol. The van der Waals surface area contributed by atoms with Crippen molar-refractivity contribution in [2.24, 2.45) is 17.8 Å². The van der Waals surface area contributed by atoms with Crippen LogP contribution in [0.15, 0.2) is 29.2 Å². The fourth-order valence-electron chi connectivity index (χ4n) is 5.83. The van der Waals surface area contributed by atoms with Crippen molar-refractivity contribution in [2.75, 3.05) is 0 Å². The summed E-state index contributed by atoms with van der Waals surface area (Å²) < 4.78 is 73.8. The van der Waals surface area contributed by atoms with Crippen LogP contribution in [0, 0.1) is 17.8 Å². The first kappa shape index (κ1) is 29.5. The number of carbonyl (C=O) groups excluding carboxylic acids is 2. The molecule has 14 heteroatoms. The molecule has 3 aromatic rings. The molecule has 1 unspecified atom stereocenters. The number of halogens is 5. The van der Waals surface area contributed by atoms with Gasteiger partial charge >= 0.3 is 6.18 Å². The van der Waals surface area contributed by atoms with Gasteiger partial charge < -0.3 is 15.2 Å². The van der Waals surface area contributed by atoms with E-state index in [-0.39, 0.29) is 49.2 Å². The van der Waals surface area contributed by atoms with E-state index in [2.05, 4.69) is 25.8 Å². The molecule has 0 aromatic carbocycles. The fourth-order valence-corrected chi connectivity index (χ4v) is 5.83. The number of fused-ring (bicyclic) bond motifs is 1. The van der Waals surface area contributed by atoms with E-state index in [1.165, 1.54) is 6.26 Å². The summed E-state index contributed by atoms with van der Waals surface area (Å²) in [6, 6.07) is 0.435. The van der Waals surface area contributed by atoms with Crippen LogP contribution in [0.1, 0.15) is 110 Å². The van der Waals surface area contributed by atoms with Gasteiger partial charge in [0.1, 0.15) is 11.8 Å². The van der Waals surface area contributed by atoms with Crippen LogP contribution in [-0.2, 0) is 4.79 Å². The van der Waals surface area contributed by atoms with Crippen LogP contribution in [-0.4, -0.2) is 43.4 Å². The third-order valence-electron chi connectivity index (χ3n) is 8.79. The second-order valence-corrected chi connectivity index (χ2v) is 12.3. The Morgan fingerprint density at radius 1 is 1.02 bits per heavy atom. The van der Waals surface area contributed by atoms with Gasteiger partial charge in [-0.3, -0.25) is 14.0 Å². The van der Waals surface area contributed by atoms with Gasteiger partial charge in [0.25, 0.3) is 5.91 Å². The summed E-state index contributed by atoms with van der Waals surface area (Å²) in [5.41, 5.74) is 1.83. The summed E-state index contributed by atoms with van der Waals surface area (Å²) in [6.07, 6.45) is 2.75. The van der Waals surface area contributed by atoms with Crippen molar-refractivity contribution < 1.29 is 36.1 Å². The molecule has 3 heterocycles. The quantitative estimate of drug-likeness (QED) is 0.271. The van der Waals surface area contributed by atoms with Gasteiger partial charge in [0.2, 0.25) is 17.6 Å². The number of aromatic nitrogens is 4. The van der Waals surface area contributed by atoms with Gasteiger partial charge in [0.15, 0.2) is 0 Å². The smallest absolute Gasteiger partial charge is 0.364 e. The Kier molecular flexibility index (Phi) is 7.66. The van der Waals surface area contributed by atoms with E-state index >= 15 is 0 Å². The van der Waals surface area contributed by atoms with E-state index in [0.717, 1.165) is 32.6 Å². The van der Waals surface area contributed by atoms with E-state index in [9.17, 15) is 31.5 Å². The molecule has 3 saturated carbocycles. The zero-order chi connectivity index (χ0) is 30.5. The molecule has 2 N–H and O–H groups in total. The van der Waals surface area contributed by atoms with Crippen molar-refractivity contribution in [1.29, 1.82) is 0 Å². The molecule has 0 radical (unpaired) electrons. The molecule has 2 amide bonds. The molecule has 3 aliphatic carbocycles. The third-order valence-corrected chi connectivity index (χ3v) is 8.79. The lowest BCUT2D eigenvalue weighted by molar-refractivity contribution is -0.174. The molecule has 0 aliphatic heterocycles. The van der Waals surface area contributed by atoms with Gasteiger partial charge in [0, 0.05) is 37.6 Å². The summed E-state index contributed by atoms with van der Waals surface area (Å²) in [6.45, 7) is 0.973. The Balaban J connectivity index is 1.25. The first-order chi connectivity index (χ1) is 20.4. The lowest BCUT2D eigenvalue weighted by atomic mass is 9.81. The van der Waals surface area contributed by atoms with Crippen LogP contribution in [0.2, 0.25) is 0 Å². The van der Waals surface area contributed by atoms with Gasteiger partial charge in [-0.2, -0.15) is 13.2 Å². The summed E-state index contributed by atoms with van der Waals surface area (Å²) in [4.78, 5) is 35.2. The maximum atomic E-state index is 14.0. The van der Waals surface area contributed by atoms with Crippen molar-refractivity contribution in [3.8, 4) is 0 Å². The number of amides is 2. The average Bonchev–Trinajstić information content (AvgIpc) is 3.88. The molecule has 6 rings (SSSR count). The number of nitrogens with zero attached hydrogens (tertiary/aromatic N) is 4. The summed E-state index contributed by atoms with van der Waals surface area (Å²) >= 11 is 0. The van der Waals surface area contributed by atoms with Crippen molar-refractivity contribution >= 4 is 17.6 Å². The lowest BCUT2D eigenvalue weighted by Gasteiger charge is -2.33. The van der Waals surface area contributed by atoms with Gasteiger partial charge in [-0.05, 0) is 56.4 Å². The summed E-state index contributed by atoms with van der Waals surface area (Å²) in [7, 11) is 0. The first-order valence-electron chi connectivity index (χ1n) is 14.7. The Labute approximate surface area is 244 Å². The van der Waals surface area contributed by atoms with Crippen molar-refractivity contribution in [2.45, 2.75) is 94.8 Å². The lowest BCUT2D eigenvalue weighted by Crippen LogP contribution is -2.37. The molecule has 3 aromatic heterocycles. The van der Waals surface area contributed by atoms with Crippen LogP contribution in [0.25, 0.3) is 5.78 Å². The van der Waals surface area contributed by atoms with Crippen LogP contribution in [0.4, 0.5) is 22.0 Å². The van der Waals surface area contributed by atoms with Crippen LogP contribution in [0.5, 0.6) is 0 Å². The highest BCUT2D eigenvalue weighted by Gasteiger charge is 2.41. The molecule has 3 atom stereocenters. The fraction of sp³-hybridized carbons (Fsp3) is 0.621. The van der Waals surface area contributed by atoms with Crippen LogP contribution >= 0.6 is 0 Å². The second kappa shape index (κ2) is 11.2. The topological polar surface area (TPSA) is 114 Å². The van der Waals surface area contributed by atoms with E-state index in [4.69, 9.17) is 4.52 Å². The average molecular weight is 609 g/mol. The molecule has 232 valence electrons. The normalized spacial score (nSPS) is 21.3. The number of nitrogens with one attached hydrogen (secondary N) is 2. The molecule has 9 nitrogen and oxygen atoms in total. The maximum Gasteiger partial charge on any atom is 0.392 e. The van der Waals surface area contributed by atoms with E-state index in [1.807, 2.05) is 0 Å². The monoisotopic (exact) mass is 608 g/mol. The Morgan fingerprint density at radius 2 is 1.67 bits per heavy atom. The van der Waals surface area contributed by atoms with E-state index in [0.29, 0.717) is 22.6 Å². The minimum atomic E-state index is -4.47. The molecule has 43 heavy (non-hydrogen) atoms. The first-order valence-corrected chi connectivity index (χ1v) is 14.7. The maximum absolute atomic E-state index is 14.0. The second-order valence-electron chi connectivity index (χ2n) is 12.3. The van der Waals surface area contributed by atoms with Gasteiger partial charge in [0.05, 0.1) is 35.1 Å². The third kappa shape index (κ3) is 6.67. The number of hydrogen-bond donors (Lipinski definition) is 2. The van der Waals surface area contributed by atoms with E-state index in [1.54, 1.807) is 22.9 Å². The Hall–Kier alpha value is -3.58. The molecular formula is C29H33F5N6O3. The zero-order valence-corrected chi connectivity index (χ0v) is 23.5. The highest BCUT2D eigenvalue weighted by atomic mass is 19.4. The number of rotatable bonds is 10. The summed E-state index contributed by atoms with van der Waals surface area (Å²) in [5.74, 6) is -5.47. The Bertz CT molecular complexity index is 1490. The minimum absolute atomic E-state index is 0.0506. The van der Waals surface area contributed by atoms with Crippen molar-refractivity contribution in [3.63, 3.8) is 0 Å². The predicted octanol–water partition coefficient (Wildman–Crippen LogP) is 6.05.